The molecule has 2 unspecified atom stereocenters. The first-order chi connectivity index (χ1) is 5.26. The molecule has 0 aliphatic heterocycles. The first kappa shape index (κ1) is 14.6. The molecule has 3 nitrogen and oxygen atoms in total. The van der Waals surface area contributed by atoms with Gasteiger partial charge in [0, 0.05) is 12.3 Å². The van der Waals surface area contributed by atoms with Crippen LogP contribution in [0.3, 0.4) is 0 Å². The van der Waals surface area contributed by atoms with Gasteiger partial charge in [-0.3, -0.25) is 0 Å². The van der Waals surface area contributed by atoms with Crippen molar-refractivity contribution in [3.63, 3.8) is 0 Å². The van der Waals surface area contributed by atoms with Crippen molar-refractivity contribution in [1.29, 1.82) is 0 Å². The summed E-state index contributed by atoms with van der Waals surface area (Å²) in [6.07, 6.45) is 2.28. The van der Waals surface area contributed by atoms with Gasteiger partial charge in [0.05, 0.1) is 0 Å². The summed E-state index contributed by atoms with van der Waals surface area (Å²) < 4.78 is 5.65. The average molecular weight is 192 g/mol. The Morgan fingerprint density at radius 1 is 1.33 bits per heavy atom. The zero-order valence-corrected chi connectivity index (χ0v) is 9.83. The van der Waals surface area contributed by atoms with Crippen LogP contribution in [-0.4, -0.2) is 21.3 Å². The molecule has 0 amide bonds. The lowest BCUT2D eigenvalue weighted by Gasteiger charge is -2.19. The molecule has 4 heteroatoms. The van der Waals surface area contributed by atoms with E-state index >= 15 is 0 Å². The quantitative estimate of drug-likeness (QED) is 0.628. The summed E-state index contributed by atoms with van der Waals surface area (Å²) in [6.45, 7) is 7.23. The molecule has 5 N–H and O–H groups in total. The summed E-state index contributed by atoms with van der Waals surface area (Å²) in [5, 5.41) is 0. The minimum absolute atomic E-state index is 0. The molecular weight excluding hydrogens is 168 g/mol. The van der Waals surface area contributed by atoms with Gasteiger partial charge in [-0.25, -0.2) is 0 Å². The Bertz CT molecular complexity index is 87.1. The maximum absolute atomic E-state index is 5.93. The first-order valence-corrected chi connectivity index (χ1v) is 6.58. The van der Waals surface area contributed by atoms with Crippen LogP contribution in [0.5, 0.6) is 0 Å². The lowest BCUT2D eigenvalue weighted by Crippen LogP contribution is -2.40. The molecule has 0 spiro atoms. The minimum atomic E-state index is -1.05. The summed E-state index contributed by atoms with van der Waals surface area (Å²) in [5.41, 5.74) is 6.28. The molecule has 0 bridgehead atoms. The summed E-state index contributed by atoms with van der Waals surface area (Å²) in [4.78, 5) is 0. The maximum Gasteiger partial charge on any atom is 0.193 e. The molecule has 12 heavy (non-hydrogen) atoms. The summed E-state index contributed by atoms with van der Waals surface area (Å²) in [5.74, 6) is 0. The van der Waals surface area contributed by atoms with E-state index in [4.69, 9.17) is 10.2 Å². The predicted octanol–water partition coefficient (Wildman–Crippen LogP) is 1.60. The van der Waals surface area contributed by atoms with Crippen LogP contribution in [0.2, 0.25) is 6.04 Å². The minimum Gasteiger partial charge on any atom is -0.419 e. The maximum atomic E-state index is 5.93. The summed E-state index contributed by atoms with van der Waals surface area (Å²) >= 11 is 0. The molecule has 0 saturated heterocycles. The van der Waals surface area contributed by atoms with E-state index in [1.807, 2.05) is 0 Å². The summed E-state index contributed by atoms with van der Waals surface area (Å²) in [7, 11) is -1.05. The molecule has 0 aromatic carbocycles. The van der Waals surface area contributed by atoms with Crippen molar-refractivity contribution in [2.24, 2.45) is 5.73 Å². The molecule has 0 aromatic heterocycles. The first-order valence-electron chi connectivity index (χ1n) is 4.63. The van der Waals surface area contributed by atoms with Gasteiger partial charge in [-0.1, -0.05) is 20.3 Å². The van der Waals surface area contributed by atoms with Crippen LogP contribution in [0.1, 0.15) is 33.6 Å². The van der Waals surface area contributed by atoms with Crippen molar-refractivity contribution in [1.82, 2.24) is 6.15 Å². The summed E-state index contributed by atoms with van der Waals surface area (Å²) in [6, 6.07) is 1.23. The fraction of sp³-hybridized carbons (Fsp3) is 1.00. The Morgan fingerprint density at radius 2 is 1.92 bits per heavy atom. The van der Waals surface area contributed by atoms with Crippen LogP contribution in [0, 0.1) is 0 Å². The van der Waals surface area contributed by atoms with Crippen LogP contribution in [-0.2, 0) is 4.43 Å². The van der Waals surface area contributed by atoms with Crippen molar-refractivity contribution in [3.8, 4) is 0 Å². The van der Waals surface area contributed by atoms with Crippen molar-refractivity contribution in [2.45, 2.75) is 45.3 Å². The van der Waals surface area contributed by atoms with E-state index in [-0.39, 0.29) is 6.15 Å². The lowest BCUT2D eigenvalue weighted by atomic mass is 10.5. The molecule has 76 valence electrons. The number of rotatable bonds is 6. The molecule has 0 rings (SSSR count). The van der Waals surface area contributed by atoms with Gasteiger partial charge in [0.15, 0.2) is 9.04 Å². The van der Waals surface area contributed by atoms with E-state index in [0.29, 0.717) is 5.67 Å². The van der Waals surface area contributed by atoms with E-state index in [1.165, 1.54) is 12.5 Å². The van der Waals surface area contributed by atoms with E-state index < -0.39 is 9.04 Å². The number of nitrogens with two attached hydrogens (primary N) is 1. The van der Waals surface area contributed by atoms with Gasteiger partial charge in [0.2, 0.25) is 0 Å². The van der Waals surface area contributed by atoms with Crippen LogP contribution < -0.4 is 11.9 Å². The normalized spacial score (nSPS) is 15.0. The van der Waals surface area contributed by atoms with E-state index in [1.54, 1.807) is 0 Å². The van der Waals surface area contributed by atoms with Crippen molar-refractivity contribution in [3.05, 3.63) is 0 Å². The van der Waals surface area contributed by atoms with Gasteiger partial charge in [-0.15, -0.1) is 0 Å². The highest BCUT2D eigenvalue weighted by molar-refractivity contribution is 6.53. The van der Waals surface area contributed by atoms with Crippen LogP contribution in [0.25, 0.3) is 0 Å². The number of hydrogen-bond acceptors (Lipinski definition) is 3. The molecule has 0 aromatic rings. The fourth-order valence-corrected chi connectivity index (χ4v) is 3.55. The van der Waals surface area contributed by atoms with Gasteiger partial charge in [0.25, 0.3) is 0 Å². The third kappa shape index (κ3) is 5.71. The molecular formula is C8H24N2OSi. The van der Waals surface area contributed by atoms with Crippen LogP contribution >= 0.6 is 0 Å². The Labute approximate surface area is 78.0 Å². The zero-order valence-electron chi connectivity index (χ0n) is 8.68. The predicted molar refractivity (Wildman–Crippen MR) is 57.2 cm³/mol. The zero-order chi connectivity index (χ0) is 8.69. The van der Waals surface area contributed by atoms with Crippen LogP contribution in [0.15, 0.2) is 0 Å². The topological polar surface area (TPSA) is 70.2 Å². The highest BCUT2D eigenvalue weighted by atomic mass is 28.3. The van der Waals surface area contributed by atoms with Gasteiger partial charge < -0.3 is 16.3 Å². The third-order valence-electron chi connectivity index (χ3n) is 1.90. The molecule has 0 radical (unpaired) electrons. The SMILES string of the molecule is CCC[SiH](OCC)C(N)CC.N. The van der Waals surface area contributed by atoms with E-state index in [9.17, 15) is 0 Å². The lowest BCUT2D eigenvalue weighted by molar-refractivity contribution is 0.331. The molecule has 0 heterocycles. The second-order valence-corrected chi connectivity index (χ2v) is 5.70. The smallest absolute Gasteiger partial charge is 0.193 e. The van der Waals surface area contributed by atoms with E-state index in [2.05, 4.69) is 20.8 Å². The van der Waals surface area contributed by atoms with Gasteiger partial charge in [-0.05, 0) is 19.4 Å². The third-order valence-corrected chi connectivity index (χ3v) is 5.24. The average Bonchev–Trinajstić information content (AvgIpc) is 2.03. The fourth-order valence-electron chi connectivity index (χ4n) is 1.18. The molecule has 0 aliphatic carbocycles. The van der Waals surface area contributed by atoms with Gasteiger partial charge in [0.1, 0.15) is 0 Å². The van der Waals surface area contributed by atoms with E-state index in [0.717, 1.165) is 13.0 Å². The second kappa shape index (κ2) is 9.19. The van der Waals surface area contributed by atoms with Gasteiger partial charge >= 0.3 is 0 Å². The molecule has 2 atom stereocenters. The largest absolute Gasteiger partial charge is 0.419 e. The Hall–Kier alpha value is 0.0969. The molecule has 0 saturated carbocycles. The van der Waals surface area contributed by atoms with Crippen molar-refractivity contribution >= 4 is 9.04 Å². The Morgan fingerprint density at radius 3 is 2.25 bits per heavy atom. The highest BCUT2D eigenvalue weighted by Crippen LogP contribution is 2.04. The van der Waals surface area contributed by atoms with Crippen LogP contribution in [0.4, 0.5) is 0 Å². The molecule has 0 fully saturated rings. The Kier molecular flexibility index (Phi) is 11.2. The monoisotopic (exact) mass is 192 g/mol. The Balaban J connectivity index is 0. The number of hydrogen-bond donors (Lipinski definition) is 2. The van der Waals surface area contributed by atoms with Gasteiger partial charge in [-0.2, -0.15) is 0 Å². The highest BCUT2D eigenvalue weighted by Gasteiger charge is 2.17. The van der Waals surface area contributed by atoms with Crippen molar-refractivity contribution < 1.29 is 4.43 Å². The molecule has 0 aliphatic rings. The van der Waals surface area contributed by atoms with Crippen molar-refractivity contribution in [2.75, 3.05) is 6.61 Å². The standard InChI is InChI=1S/C8H21NOSi.H3N/c1-4-7-11(10-6-3)8(9)5-2;/h8,11H,4-7,9H2,1-3H3;1H3. The second-order valence-electron chi connectivity index (χ2n) is 2.85.